The van der Waals surface area contributed by atoms with Gasteiger partial charge in [0.25, 0.3) is 0 Å². The van der Waals surface area contributed by atoms with Crippen LogP contribution in [0, 0.1) is 5.82 Å². The van der Waals surface area contributed by atoms with Crippen molar-refractivity contribution >= 4 is 5.91 Å². The van der Waals surface area contributed by atoms with Gasteiger partial charge < -0.3 is 15.0 Å². The summed E-state index contributed by atoms with van der Waals surface area (Å²) in [6.07, 6.45) is 7.28. The first-order valence-corrected chi connectivity index (χ1v) is 8.58. The maximum Gasteiger partial charge on any atom is 0.315 e. The van der Waals surface area contributed by atoms with E-state index in [2.05, 4.69) is 15.0 Å². The maximum absolute atomic E-state index is 14.6. The van der Waals surface area contributed by atoms with Gasteiger partial charge in [-0.05, 0) is 25.0 Å². The minimum Gasteiger partial charge on any atom is -0.390 e. The van der Waals surface area contributed by atoms with Crippen molar-refractivity contribution in [3.8, 4) is 11.3 Å². The standard InChI is InChI=1S/C18H17F3N4O2/c19-15-10(4-6-22-16(15)18(20,21)9-26)12-8-23-17(24-12)11-5-7-25-13(11)2-1-3-14(25)27/h1,3-4,6,8,11,13,26H,2,5,7,9H2,(H,23,24). The van der Waals surface area contributed by atoms with Gasteiger partial charge in [-0.2, -0.15) is 8.78 Å². The molecule has 0 saturated carbocycles. The van der Waals surface area contributed by atoms with E-state index in [1.54, 1.807) is 11.0 Å². The molecule has 0 aromatic carbocycles. The molecule has 27 heavy (non-hydrogen) atoms. The molecule has 9 heteroatoms. The Hall–Kier alpha value is -2.68. The summed E-state index contributed by atoms with van der Waals surface area (Å²) >= 11 is 0. The van der Waals surface area contributed by atoms with Crippen molar-refractivity contribution in [2.75, 3.05) is 13.2 Å². The van der Waals surface area contributed by atoms with E-state index in [-0.39, 0.29) is 29.1 Å². The van der Waals surface area contributed by atoms with E-state index in [4.69, 9.17) is 5.11 Å². The van der Waals surface area contributed by atoms with E-state index >= 15 is 0 Å². The Morgan fingerprint density at radius 3 is 2.96 bits per heavy atom. The molecule has 0 aliphatic carbocycles. The Morgan fingerprint density at radius 2 is 2.19 bits per heavy atom. The van der Waals surface area contributed by atoms with Crippen molar-refractivity contribution < 1.29 is 23.1 Å². The van der Waals surface area contributed by atoms with Gasteiger partial charge in [-0.15, -0.1) is 0 Å². The molecule has 2 aromatic rings. The van der Waals surface area contributed by atoms with Gasteiger partial charge in [0.15, 0.2) is 5.82 Å². The summed E-state index contributed by atoms with van der Waals surface area (Å²) in [5, 5.41) is 8.80. The second-order valence-electron chi connectivity index (χ2n) is 6.70. The van der Waals surface area contributed by atoms with E-state index < -0.39 is 24.0 Å². The van der Waals surface area contributed by atoms with Crippen LogP contribution in [0.3, 0.4) is 0 Å². The van der Waals surface area contributed by atoms with E-state index in [0.29, 0.717) is 18.8 Å². The molecule has 2 aliphatic rings. The van der Waals surface area contributed by atoms with Crippen LogP contribution in [0.15, 0.2) is 30.6 Å². The summed E-state index contributed by atoms with van der Waals surface area (Å²) in [6, 6.07) is 1.26. The lowest BCUT2D eigenvalue weighted by Gasteiger charge is -2.28. The quantitative estimate of drug-likeness (QED) is 0.856. The lowest BCUT2D eigenvalue weighted by atomic mass is 9.95. The van der Waals surface area contributed by atoms with Crippen molar-refractivity contribution in [2.24, 2.45) is 0 Å². The number of hydrogen-bond acceptors (Lipinski definition) is 4. The molecule has 1 fully saturated rings. The number of fused-ring (bicyclic) bond motifs is 1. The molecule has 6 nitrogen and oxygen atoms in total. The number of hydrogen-bond donors (Lipinski definition) is 2. The third-order valence-corrected chi connectivity index (χ3v) is 5.14. The minimum atomic E-state index is -3.77. The molecule has 1 amide bonds. The van der Waals surface area contributed by atoms with Gasteiger partial charge >= 0.3 is 5.92 Å². The number of imidazole rings is 1. The SMILES string of the molecule is O=C1C=CCC2C(c3ncc(-c4ccnc(C(F)(F)CO)c4F)[nH]3)CCN12. The van der Waals surface area contributed by atoms with Crippen LogP contribution in [0.1, 0.15) is 30.3 Å². The van der Waals surface area contributed by atoms with Crippen molar-refractivity contribution in [3.05, 3.63) is 47.9 Å². The molecule has 0 radical (unpaired) electrons. The third-order valence-electron chi connectivity index (χ3n) is 5.14. The summed E-state index contributed by atoms with van der Waals surface area (Å²) in [5.74, 6) is -4.45. The van der Waals surface area contributed by atoms with Crippen LogP contribution in [0.2, 0.25) is 0 Å². The van der Waals surface area contributed by atoms with Crippen molar-refractivity contribution in [3.63, 3.8) is 0 Å². The zero-order chi connectivity index (χ0) is 19.2. The molecule has 2 aromatic heterocycles. The lowest BCUT2D eigenvalue weighted by molar-refractivity contribution is -0.127. The maximum atomic E-state index is 14.6. The van der Waals surface area contributed by atoms with Crippen molar-refractivity contribution in [1.82, 2.24) is 19.9 Å². The first kappa shape index (κ1) is 17.7. The number of alkyl halides is 2. The smallest absolute Gasteiger partial charge is 0.315 e. The van der Waals surface area contributed by atoms with Gasteiger partial charge in [0.2, 0.25) is 5.91 Å². The molecule has 4 heterocycles. The van der Waals surface area contributed by atoms with E-state index in [0.717, 1.165) is 12.6 Å². The molecule has 0 bridgehead atoms. The summed E-state index contributed by atoms with van der Waals surface area (Å²) in [5.41, 5.74) is -0.953. The van der Waals surface area contributed by atoms with Crippen LogP contribution < -0.4 is 0 Å². The fourth-order valence-corrected chi connectivity index (χ4v) is 3.79. The van der Waals surface area contributed by atoms with Gasteiger partial charge in [-0.25, -0.2) is 9.37 Å². The van der Waals surface area contributed by atoms with E-state index in [1.165, 1.54) is 12.3 Å². The molecule has 1 saturated heterocycles. The number of nitrogens with one attached hydrogen (secondary N) is 1. The highest BCUT2D eigenvalue weighted by atomic mass is 19.3. The molecule has 0 spiro atoms. The van der Waals surface area contributed by atoms with Gasteiger partial charge in [0.05, 0.1) is 11.9 Å². The van der Waals surface area contributed by atoms with Crippen molar-refractivity contribution in [1.29, 1.82) is 0 Å². The summed E-state index contributed by atoms with van der Waals surface area (Å²) in [6.45, 7) is -0.916. The number of aliphatic hydroxyl groups excluding tert-OH is 1. The van der Waals surface area contributed by atoms with Crippen LogP contribution in [0.4, 0.5) is 13.2 Å². The minimum absolute atomic E-state index is 0.0157. The summed E-state index contributed by atoms with van der Waals surface area (Å²) in [7, 11) is 0. The fourth-order valence-electron chi connectivity index (χ4n) is 3.79. The third kappa shape index (κ3) is 2.91. The van der Waals surface area contributed by atoms with E-state index in [1.807, 2.05) is 6.08 Å². The van der Waals surface area contributed by atoms with Gasteiger partial charge in [-0.3, -0.25) is 9.78 Å². The molecule has 4 rings (SSSR count). The number of carbonyl (C=O) groups excluding carboxylic acids is 1. The lowest BCUT2D eigenvalue weighted by Crippen LogP contribution is -2.38. The average Bonchev–Trinajstić information content (AvgIpc) is 3.29. The number of aromatic amines is 1. The highest BCUT2D eigenvalue weighted by molar-refractivity contribution is 5.89. The normalized spacial score (nSPS) is 22.4. The molecule has 2 N–H and O–H groups in total. The molecule has 142 valence electrons. The number of rotatable bonds is 4. The summed E-state index contributed by atoms with van der Waals surface area (Å²) < 4.78 is 42.0. The first-order valence-electron chi connectivity index (χ1n) is 8.58. The Bertz CT molecular complexity index is 912. The number of pyridine rings is 1. The highest BCUT2D eigenvalue weighted by Crippen LogP contribution is 2.37. The van der Waals surface area contributed by atoms with Gasteiger partial charge in [0, 0.05) is 30.3 Å². The zero-order valence-electron chi connectivity index (χ0n) is 14.2. The van der Waals surface area contributed by atoms with Crippen LogP contribution in [0.25, 0.3) is 11.3 Å². The number of amides is 1. The number of aromatic nitrogens is 3. The zero-order valence-corrected chi connectivity index (χ0v) is 14.2. The predicted molar refractivity (Wildman–Crippen MR) is 89.4 cm³/mol. The molecule has 2 aliphatic heterocycles. The number of halogens is 3. The van der Waals surface area contributed by atoms with Gasteiger partial charge in [-0.1, -0.05) is 6.08 Å². The van der Waals surface area contributed by atoms with Crippen LogP contribution in [-0.2, 0) is 10.7 Å². The largest absolute Gasteiger partial charge is 0.390 e. The number of aliphatic hydroxyl groups is 1. The molecular formula is C18H17F3N4O2. The second-order valence-corrected chi connectivity index (χ2v) is 6.70. The summed E-state index contributed by atoms with van der Waals surface area (Å²) in [4.78, 5) is 24.4. The van der Waals surface area contributed by atoms with Crippen LogP contribution >= 0.6 is 0 Å². The predicted octanol–water partition coefficient (Wildman–Crippen LogP) is 2.34. The van der Waals surface area contributed by atoms with Crippen LogP contribution in [0.5, 0.6) is 0 Å². The molecular weight excluding hydrogens is 361 g/mol. The Morgan fingerprint density at radius 1 is 1.37 bits per heavy atom. The monoisotopic (exact) mass is 378 g/mol. The van der Waals surface area contributed by atoms with Crippen LogP contribution in [-0.4, -0.2) is 50.1 Å². The topological polar surface area (TPSA) is 82.1 Å². The average molecular weight is 378 g/mol. The Balaban J connectivity index is 1.65. The molecule has 2 atom stereocenters. The number of nitrogens with zero attached hydrogens (tertiary/aromatic N) is 3. The second kappa shape index (κ2) is 6.49. The van der Waals surface area contributed by atoms with E-state index in [9.17, 15) is 18.0 Å². The van der Waals surface area contributed by atoms with Crippen molar-refractivity contribution in [2.45, 2.75) is 30.7 Å². The highest BCUT2D eigenvalue weighted by Gasteiger charge is 2.40. The number of H-pyrrole nitrogens is 1. The number of carbonyl (C=O) groups is 1. The first-order chi connectivity index (χ1) is 12.9. The fraction of sp³-hybridized carbons (Fsp3) is 0.389. The Labute approximate surface area is 152 Å². The van der Waals surface area contributed by atoms with Gasteiger partial charge in [0.1, 0.15) is 18.1 Å². The Kier molecular flexibility index (Phi) is 4.26. The molecule has 2 unspecified atom stereocenters.